The first kappa shape index (κ1) is 15.2. The summed E-state index contributed by atoms with van der Waals surface area (Å²) in [7, 11) is -2.77. The highest BCUT2D eigenvalue weighted by Gasteiger charge is 2.34. The fraction of sp³-hybridized carbons (Fsp3) is 0.118. The SMILES string of the molecule is C=CCN1c2ccccc2C(C(=O)N=S(=O)=O)c2ccccc21. The Kier molecular flexibility index (Phi) is 4.08. The first-order chi connectivity index (χ1) is 11.1. The standard InChI is InChI=1S/C17H14N2O3S/c1-2-11-19-14-9-5-3-7-12(14)16(17(20)18-23(21)22)13-8-4-6-10-15(13)19/h2-10,16H,1,11H2. The molecule has 0 saturated carbocycles. The summed E-state index contributed by atoms with van der Waals surface area (Å²) in [4.78, 5) is 14.5. The molecule has 0 aliphatic carbocycles. The van der Waals surface area contributed by atoms with Gasteiger partial charge in [0.2, 0.25) is 0 Å². The largest absolute Gasteiger partial charge is 0.337 e. The van der Waals surface area contributed by atoms with Crippen molar-refractivity contribution in [2.75, 3.05) is 11.4 Å². The van der Waals surface area contributed by atoms with E-state index in [1.165, 1.54) is 0 Å². The van der Waals surface area contributed by atoms with Gasteiger partial charge >= 0.3 is 10.5 Å². The molecular formula is C17H14N2O3S. The fourth-order valence-electron chi connectivity index (χ4n) is 2.97. The van der Waals surface area contributed by atoms with Crippen molar-refractivity contribution in [2.24, 2.45) is 4.36 Å². The molecule has 2 aromatic carbocycles. The van der Waals surface area contributed by atoms with Crippen molar-refractivity contribution in [1.82, 2.24) is 0 Å². The van der Waals surface area contributed by atoms with Gasteiger partial charge in [-0.05, 0) is 23.3 Å². The van der Waals surface area contributed by atoms with Gasteiger partial charge in [0.25, 0.3) is 5.91 Å². The van der Waals surface area contributed by atoms with Crippen LogP contribution in [0.1, 0.15) is 17.0 Å². The van der Waals surface area contributed by atoms with Gasteiger partial charge in [-0.3, -0.25) is 4.79 Å². The molecule has 0 radical (unpaired) electrons. The van der Waals surface area contributed by atoms with E-state index in [0.29, 0.717) is 6.54 Å². The Bertz CT molecular complexity index is 863. The maximum absolute atomic E-state index is 12.4. The van der Waals surface area contributed by atoms with Crippen LogP contribution < -0.4 is 4.90 Å². The normalized spacial score (nSPS) is 13.0. The lowest BCUT2D eigenvalue weighted by atomic mass is 9.84. The topological polar surface area (TPSA) is 66.8 Å². The van der Waals surface area contributed by atoms with E-state index in [9.17, 15) is 13.2 Å². The average Bonchev–Trinajstić information content (AvgIpc) is 2.54. The van der Waals surface area contributed by atoms with E-state index in [2.05, 4.69) is 15.8 Å². The van der Waals surface area contributed by atoms with E-state index < -0.39 is 22.3 Å². The molecule has 0 bridgehead atoms. The molecule has 3 rings (SSSR count). The Morgan fingerprint density at radius 2 is 1.61 bits per heavy atom. The molecular weight excluding hydrogens is 312 g/mol. The average molecular weight is 326 g/mol. The first-order valence-electron chi connectivity index (χ1n) is 7.04. The van der Waals surface area contributed by atoms with Gasteiger partial charge < -0.3 is 4.90 Å². The lowest BCUT2D eigenvalue weighted by Crippen LogP contribution is -2.28. The van der Waals surface area contributed by atoms with Crippen molar-refractivity contribution >= 4 is 27.8 Å². The van der Waals surface area contributed by atoms with E-state index in [1.807, 2.05) is 48.5 Å². The maximum atomic E-state index is 12.4. The second-order valence-corrected chi connectivity index (χ2v) is 5.71. The van der Waals surface area contributed by atoms with Crippen LogP contribution in [-0.2, 0) is 15.3 Å². The zero-order valence-corrected chi connectivity index (χ0v) is 13.0. The molecule has 0 atom stereocenters. The predicted octanol–water partition coefficient (Wildman–Crippen LogP) is 3.05. The van der Waals surface area contributed by atoms with Crippen molar-refractivity contribution in [3.63, 3.8) is 0 Å². The molecule has 0 aromatic heterocycles. The molecule has 23 heavy (non-hydrogen) atoms. The van der Waals surface area contributed by atoms with Crippen molar-refractivity contribution in [1.29, 1.82) is 0 Å². The Labute approximate surface area is 135 Å². The third-order valence-corrected chi connectivity index (χ3v) is 4.13. The Balaban J connectivity index is 2.27. The van der Waals surface area contributed by atoms with Gasteiger partial charge in [0.05, 0.1) is 5.92 Å². The number of hydrogen-bond acceptors (Lipinski definition) is 4. The molecule has 116 valence electrons. The van der Waals surface area contributed by atoms with Crippen molar-refractivity contribution < 1.29 is 13.2 Å². The molecule has 2 aromatic rings. The van der Waals surface area contributed by atoms with E-state index in [-0.39, 0.29) is 0 Å². The third-order valence-electron chi connectivity index (χ3n) is 3.80. The van der Waals surface area contributed by atoms with Crippen LogP contribution in [0.3, 0.4) is 0 Å². The quantitative estimate of drug-likeness (QED) is 0.813. The molecule has 1 amide bonds. The van der Waals surface area contributed by atoms with Crippen molar-refractivity contribution in [3.8, 4) is 0 Å². The number of carbonyl (C=O) groups excluding carboxylic acids is 1. The summed E-state index contributed by atoms with van der Waals surface area (Å²) in [6, 6.07) is 14.9. The molecule has 1 aliphatic rings. The third kappa shape index (κ3) is 2.68. The summed E-state index contributed by atoms with van der Waals surface area (Å²) in [5, 5.41) is 0. The number of amides is 1. The molecule has 1 aliphatic heterocycles. The smallest absolute Gasteiger partial charge is 0.319 e. The van der Waals surface area contributed by atoms with Crippen LogP contribution in [0.2, 0.25) is 0 Å². The van der Waals surface area contributed by atoms with Gasteiger partial charge in [-0.15, -0.1) is 6.58 Å². The van der Waals surface area contributed by atoms with E-state index in [1.54, 1.807) is 6.08 Å². The highest BCUT2D eigenvalue weighted by atomic mass is 32.2. The lowest BCUT2D eigenvalue weighted by molar-refractivity contribution is -0.118. The molecule has 0 N–H and O–H groups in total. The Morgan fingerprint density at radius 1 is 1.09 bits per heavy atom. The second kappa shape index (κ2) is 6.18. The highest BCUT2D eigenvalue weighted by Crippen LogP contribution is 2.45. The van der Waals surface area contributed by atoms with Gasteiger partial charge in [-0.2, -0.15) is 8.42 Å². The molecule has 1 heterocycles. The van der Waals surface area contributed by atoms with Crippen LogP contribution >= 0.6 is 0 Å². The minimum atomic E-state index is -2.77. The van der Waals surface area contributed by atoms with Crippen LogP contribution in [0.4, 0.5) is 11.4 Å². The summed E-state index contributed by atoms with van der Waals surface area (Å²) in [6.07, 6.45) is 1.78. The number of nitrogens with zero attached hydrogens (tertiary/aromatic N) is 2. The predicted molar refractivity (Wildman–Crippen MR) is 88.3 cm³/mol. The number of hydrogen-bond donors (Lipinski definition) is 0. The molecule has 0 saturated heterocycles. The lowest BCUT2D eigenvalue weighted by Gasteiger charge is -2.35. The minimum Gasteiger partial charge on any atom is -0.337 e. The summed E-state index contributed by atoms with van der Waals surface area (Å²) in [6.45, 7) is 4.37. The summed E-state index contributed by atoms with van der Waals surface area (Å²) < 4.78 is 24.9. The molecule has 5 nitrogen and oxygen atoms in total. The van der Waals surface area contributed by atoms with Crippen molar-refractivity contribution in [2.45, 2.75) is 5.92 Å². The minimum absolute atomic E-state index is 0.583. The van der Waals surface area contributed by atoms with Gasteiger partial charge in [-0.1, -0.05) is 46.8 Å². The maximum Gasteiger partial charge on any atom is 0.319 e. The molecule has 0 spiro atoms. The Hall–Kier alpha value is -2.73. The number of rotatable bonds is 3. The molecule has 0 unspecified atom stereocenters. The second-order valence-electron chi connectivity index (χ2n) is 5.10. The molecule has 6 heteroatoms. The zero-order valence-electron chi connectivity index (χ0n) is 12.2. The van der Waals surface area contributed by atoms with Crippen LogP contribution in [0.5, 0.6) is 0 Å². The van der Waals surface area contributed by atoms with Gasteiger partial charge in [0, 0.05) is 17.9 Å². The van der Waals surface area contributed by atoms with Gasteiger partial charge in [-0.25, -0.2) is 0 Å². The molecule has 0 fully saturated rings. The van der Waals surface area contributed by atoms with Crippen LogP contribution in [0.25, 0.3) is 0 Å². The highest BCUT2D eigenvalue weighted by molar-refractivity contribution is 7.62. The number of anilines is 2. The summed E-state index contributed by atoms with van der Waals surface area (Å²) in [5.41, 5.74) is 3.20. The van der Waals surface area contributed by atoms with Crippen LogP contribution in [-0.4, -0.2) is 20.9 Å². The monoisotopic (exact) mass is 326 g/mol. The van der Waals surface area contributed by atoms with E-state index in [0.717, 1.165) is 22.5 Å². The van der Waals surface area contributed by atoms with Crippen LogP contribution in [0.15, 0.2) is 65.5 Å². The van der Waals surface area contributed by atoms with Gasteiger partial charge in [0.15, 0.2) is 0 Å². The van der Waals surface area contributed by atoms with Gasteiger partial charge in [0.1, 0.15) is 0 Å². The zero-order chi connectivity index (χ0) is 16.4. The van der Waals surface area contributed by atoms with Crippen molar-refractivity contribution in [3.05, 3.63) is 72.3 Å². The van der Waals surface area contributed by atoms with Crippen LogP contribution in [0, 0.1) is 0 Å². The number of para-hydroxylation sites is 2. The number of benzene rings is 2. The fourth-order valence-corrected chi connectivity index (χ4v) is 3.22. The van der Waals surface area contributed by atoms with E-state index >= 15 is 0 Å². The Morgan fingerprint density at radius 3 is 2.09 bits per heavy atom. The van der Waals surface area contributed by atoms with E-state index in [4.69, 9.17) is 0 Å². The number of fused-ring (bicyclic) bond motifs is 2. The first-order valence-corrected chi connectivity index (χ1v) is 8.08. The number of carbonyl (C=O) groups is 1. The summed E-state index contributed by atoms with van der Waals surface area (Å²) in [5.74, 6) is -1.40. The summed E-state index contributed by atoms with van der Waals surface area (Å²) >= 11 is 0.